The molecule has 2 aromatic heterocycles. The third-order valence-corrected chi connectivity index (χ3v) is 5.82. The Kier molecular flexibility index (Phi) is 6.13. The number of rotatable bonds is 5. The number of amides is 1. The molecule has 6 nitrogen and oxygen atoms in total. The Morgan fingerprint density at radius 2 is 2.07 bits per heavy atom. The van der Waals surface area contributed by atoms with E-state index >= 15 is 0 Å². The molecule has 1 atom stereocenters. The minimum Gasteiger partial charge on any atom is -0.342 e. The first-order valence-corrected chi connectivity index (χ1v) is 10.6. The lowest BCUT2D eigenvalue weighted by molar-refractivity contribution is -0.131. The largest absolute Gasteiger partial charge is 0.342 e. The standard InChI is InChI=1S/C23H25ClN4O2/c1-15-9-18(10-17-5-3-7-20(24)11-17)12-22(25-15)19-6-4-8-28(14-19)23(29)13-21-16(2)26-30-27-21/h3,5,7,9,11-12,19H,4,6,8,10,13-14H2,1-2H3/t19-/m0/s1. The summed E-state index contributed by atoms with van der Waals surface area (Å²) in [6.07, 6.45) is 3.03. The molecule has 0 unspecified atom stereocenters. The summed E-state index contributed by atoms with van der Waals surface area (Å²) < 4.78 is 4.72. The van der Waals surface area contributed by atoms with Crippen LogP contribution in [0.5, 0.6) is 0 Å². The fourth-order valence-corrected chi connectivity index (χ4v) is 4.28. The van der Waals surface area contributed by atoms with Crippen molar-refractivity contribution in [3.63, 3.8) is 0 Å². The van der Waals surface area contributed by atoms with Crippen LogP contribution in [-0.2, 0) is 17.6 Å². The molecule has 1 saturated heterocycles. The van der Waals surface area contributed by atoms with Gasteiger partial charge in [0.25, 0.3) is 0 Å². The lowest BCUT2D eigenvalue weighted by Crippen LogP contribution is -2.40. The van der Waals surface area contributed by atoms with Gasteiger partial charge in [-0.25, -0.2) is 4.63 Å². The summed E-state index contributed by atoms with van der Waals surface area (Å²) in [6, 6.07) is 12.2. The van der Waals surface area contributed by atoms with Gasteiger partial charge in [0.2, 0.25) is 5.91 Å². The van der Waals surface area contributed by atoms with E-state index in [-0.39, 0.29) is 18.2 Å². The molecule has 1 amide bonds. The monoisotopic (exact) mass is 424 g/mol. The van der Waals surface area contributed by atoms with Crippen molar-refractivity contribution in [2.24, 2.45) is 0 Å². The average Bonchev–Trinajstić information content (AvgIpc) is 3.12. The number of benzene rings is 1. The molecule has 0 radical (unpaired) electrons. The first-order chi connectivity index (χ1) is 14.5. The first kappa shape index (κ1) is 20.5. The predicted octanol–water partition coefficient (Wildman–Crippen LogP) is 4.27. The van der Waals surface area contributed by atoms with Crippen LogP contribution in [0, 0.1) is 13.8 Å². The fourth-order valence-electron chi connectivity index (χ4n) is 4.07. The average molecular weight is 425 g/mol. The van der Waals surface area contributed by atoms with Gasteiger partial charge in [-0.3, -0.25) is 9.78 Å². The summed E-state index contributed by atoms with van der Waals surface area (Å²) in [5.74, 6) is 0.294. The molecular formula is C23H25ClN4O2. The maximum absolute atomic E-state index is 12.8. The van der Waals surface area contributed by atoms with Crippen LogP contribution in [0.4, 0.5) is 0 Å². The number of carbonyl (C=O) groups excluding carboxylic acids is 1. The van der Waals surface area contributed by atoms with Crippen LogP contribution in [0.3, 0.4) is 0 Å². The summed E-state index contributed by atoms with van der Waals surface area (Å²) >= 11 is 6.14. The highest BCUT2D eigenvalue weighted by Gasteiger charge is 2.27. The van der Waals surface area contributed by atoms with Crippen molar-refractivity contribution < 1.29 is 9.42 Å². The number of pyridine rings is 1. The predicted molar refractivity (Wildman–Crippen MR) is 115 cm³/mol. The number of hydrogen-bond donors (Lipinski definition) is 0. The van der Waals surface area contributed by atoms with Gasteiger partial charge in [-0.15, -0.1) is 0 Å². The van der Waals surface area contributed by atoms with Crippen molar-refractivity contribution in [1.29, 1.82) is 0 Å². The molecule has 0 N–H and O–H groups in total. The zero-order valence-electron chi connectivity index (χ0n) is 17.3. The highest BCUT2D eigenvalue weighted by Crippen LogP contribution is 2.28. The van der Waals surface area contributed by atoms with Crippen LogP contribution in [0.25, 0.3) is 0 Å². The van der Waals surface area contributed by atoms with Gasteiger partial charge in [-0.05, 0) is 68.5 Å². The van der Waals surface area contributed by atoms with Gasteiger partial charge in [0.1, 0.15) is 11.4 Å². The van der Waals surface area contributed by atoms with E-state index in [1.54, 1.807) is 6.92 Å². The Balaban J connectivity index is 1.48. The molecule has 30 heavy (non-hydrogen) atoms. The van der Waals surface area contributed by atoms with Crippen LogP contribution in [0.1, 0.15) is 52.7 Å². The lowest BCUT2D eigenvalue weighted by atomic mass is 9.92. The number of aryl methyl sites for hydroxylation is 2. The van der Waals surface area contributed by atoms with Gasteiger partial charge in [0, 0.05) is 35.4 Å². The summed E-state index contributed by atoms with van der Waals surface area (Å²) in [4.78, 5) is 19.5. The van der Waals surface area contributed by atoms with Crippen LogP contribution in [0.2, 0.25) is 5.02 Å². The summed E-state index contributed by atoms with van der Waals surface area (Å²) in [7, 11) is 0. The van der Waals surface area contributed by atoms with Crippen molar-refractivity contribution in [1.82, 2.24) is 20.2 Å². The number of aromatic nitrogens is 3. The van der Waals surface area contributed by atoms with Crippen molar-refractivity contribution in [3.8, 4) is 0 Å². The number of carbonyl (C=O) groups is 1. The van der Waals surface area contributed by atoms with E-state index in [4.69, 9.17) is 21.2 Å². The Bertz CT molecular complexity index is 1050. The van der Waals surface area contributed by atoms with E-state index < -0.39 is 0 Å². The molecule has 156 valence electrons. The Morgan fingerprint density at radius 1 is 1.20 bits per heavy atom. The van der Waals surface area contributed by atoms with Crippen molar-refractivity contribution in [2.45, 2.75) is 45.4 Å². The number of likely N-dealkylation sites (tertiary alicyclic amines) is 1. The molecule has 1 aliphatic heterocycles. The molecule has 1 fully saturated rings. The van der Waals surface area contributed by atoms with Crippen LogP contribution >= 0.6 is 11.6 Å². The third kappa shape index (κ3) is 4.87. The van der Waals surface area contributed by atoms with Crippen LogP contribution in [-0.4, -0.2) is 39.2 Å². The minimum absolute atomic E-state index is 0.0605. The number of halogens is 1. The number of piperidine rings is 1. The Hall–Kier alpha value is -2.73. The molecule has 0 saturated carbocycles. The second-order valence-corrected chi connectivity index (χ2v) is 8.44. The van der Waals surface area contributed by atoms with Gasteiger partial charge in [0.15, 0.2) is 0 Å². The molecule has 0 aliphatic carbocycles. The van der Waals surface area contributed by atoms with Gasteiger partial charge >= 0.3 is 0 Å². The summed E-state index contributed by atoms with van der Waals surface area (Å²) in [5.41, 5.74) is 5.73. The van der Waals surface area contributed by atoms with Crippen LogP contribution in [0.15, 0.2) is 41.0 Å². The van der Waals surface area contributed by atoms with E-state index in [9.17, 15) is 4.79 Å². The maximum atomic E-state index is 12.8. The van der Waals surface area contributed by atoms with Crippen molar-refractivity contribution in [2.75, 3.05) is 13.1 Å². The van der Waals surface area contributed by atoms with Crippen molar-refractivity contribution >= 4 is 17.5 Å². The highest BCUT2D eigenvalue weighted by atomic mass is 35.5. The quantitative estimate of drug-likeness (QED) is 0.611. The summed E-state index contributed by atoms with van der Waals surface area (Å²) in [6.45, 7) is 5.27. The lowest BCUT2D eigenvalue weighted by Gasteiger charge is -2.32. The smallest absolute Gasteiger partial charge is 0.228 e. The maximum Gasteiger partial charge on any atom is 0.228 e. The molecule has 0 spiro atoms. The minimum atomic E-state index is 0.0605. The second kappa shape index (κ2) is 8.96. The molecule has 1 aromatic carbocycles. The second-order valence-electron chi connectivity index (χ2n) is 8.00. The fraction of sp³-hybridized carbons (Fsp3) is 0.391. The van der Waals surface area contributed by atoms with Gasteiger partial charge in [0.05, 0.1) is 6.42 Å². The first-order valence-electron chi connectivity index (χ1n) is 10.3. The van der Waals surface area contributed by atoms with Crippen molar-refractivity contribution in [3.05, 3.63) is 75.3 Å². The zero-order chi connectivity index (χ0) is 21.1. The van der Waals surface area contributed by atoms with Crippen LogP contribution < -0.4 is 0 Å². The third-order valence-electron chi connectivity index (χ3n) is 5.59. The SMILES string of the molecule is Cc1cc(Cc2cccc(Cl)c2)cc([C@H]2CCCN(C(=O)Cc3nonc3C)C2)n1. The summed E-state index contributed by atoms with van der Waals surface area (Å²) in [5, 5.41) is 8.35. The van der Waals surface area contributed by atoms with E-state index in [0.29, 0.717) is 17.9 Å². The van der Waals surface area contributed by atoms with Gasteiger partial charge in [-0.2, -0.15) is 0 Å². The molecular weight excluding hydrogens is 400 g/mol. The van der Waals surface area contributed by atoms with E-state index in [1.807, 2.05) is 30.0 Å². The topological polar surface area (TPSA) is 72.1 Å². The molecule has 7 heteroatoms. The van der Waals surface area contributed by atoms with Gasteiger partial charge < -0.3 is 4.90 Å². The molecule has 3 aromatic rings. The zero-order valence-corrected chi connectivity index (χ0v) is 18.0. The molecule has 3 heterocycles. The molecule has 0 bridgehead atoms. The highest BCUT2D eigenvalue weighted by molar-refractivity contribution is 6.30. The van der Waals surface area contributed by atoms with Gasteiger partial charge in [-0.1, -0.05) is 34.0 Å². The molecule has 4 rings (SSSR count). The normalized spacial score (nSPS) is 16.6. The number of nitrogens with zero attached hydrogens (tertiary/aromatic N) is 4. The Labute approximate surface area is 181 Å². The van der Waals surface area contributed by atoms with E-state index in [2.05, 4.69) is 28.5 Å². The van der Waals surface area contributed by atoms with E-state index in [0.717, 1.165) is 42.2 Å². The molecule has 1 aliphatic rings. The Morgan fingerprint density at radius 3 is 2.83 bits per heavy atom. The number of hydrogen-bond acceptors (Lipinski definition) is 5. The van der Waals surface area contributed by atoms with E-state index in [1.165, 1.54) is 11.1 Å².